The number of carbonyl (C=O) groups excluding carboxylic acids is 1. The summed E-state index contributed by atoms with van der Waals surface area (Å²) in [4.78, 5) is 12.0. The molecule has 3 N–H and O–H groups in total. The van der Waals surface area contributed by atoms with Gasteiger partial charge < -0.3 is 11.1 Å². The first kappa shape index (κ1) is 14.1. The van der Waals surface area contributed by atoms with E-state index in [1.165, 1.54) is 5.56 Å². The zero-order valence-electron chi connectivity index (χ0n) is 12.3. The van der Waals surface area contributed by atoms with Crippen LogP contribution >= 0.6 is 0 Å². The lowest BCUT2D eigenvalue weighted by Gasteiger charge is -2.22. The standard InChI is InChI=1S/C16H24N2O/c1-5-10(4)14(17)13-8-9(3)7-12-11(6-2)16(19)18-15(12)13/h7-8,10-11,14H,5-6,17H2,1-4H3,(H,18,19). The van der Waals surface area contributed by atoms with E-state index < -0.39 is 0 Å². The number of hydrogen-bond donors (Lipinski definition) is 2. The third-order valence-electron chi connectivity index (χ3n) is 4.31. The van der Waals surface area contributed by atoms with Gasteiger partial charge in [-0.2, -0.15) is 0 Å². The molecular weight excluding hydrogens is 236 g/mol. The molecule has 0 spiro atoms. The van der Waals surface area contributed by atoms with Crippen LogP contribution in [0.4, 0.5) is 5.69 Å². The first-order valence-corrected chi connectivity index (χ1v) is 7.20. The third-order valence-corrected chi connectivity index (χ3v) is 4.31. The number of hydrogen-bond acceptors (Lipinski definition) is 2. The molecule has 0 bridgehead atoms. The maximum atomic E-state index is 12.0. The summed E-state index contributed by atoms with van der Waals surface area (Å²) in [5.41, 5.74) is 10.7. The summed E-state index contributed by atoms with van der Waals surface area (Å²) in [6.45, 7) is 8.43. The Balaban J connectivity index is 2.50. The largest absolute Gasteiger partial charge is 0.325 e. The average molecular weight is 260 g/mol. The van der Waals surface area contributed by atoms with Crippen LogP contribution in [0, 0.1) is 12.8 Å². The number of carbonyl (C=O) groups is 1. The van der Waals surface area contributed by atoms with Gasteiger partial charge in [-0.1, -0.05) is 44.9 Å². The van der Waals surface area contributed by atoms with Crippen LogP contribution in [-0.2, 0) is 4.79 Å². The lowest BCUT2D eigenvalue weighted by atomic mass is 9.87. The molecule has 0 fully saturated rings. The van der Waals surface area contributed by atoms with E-state index in [2.05, 4.69) is 45.1 Å². The quantitative estimate of drug-likeness (QED) is 0.870. The molecule has 3 unspecified atom stereocenters. The van der Waals surface area contributed by atoms with Crippen molar-refractivity contribution in [2.45, 2.75) is 52.5 Å². The molecule has 0 radical (unpaired) electrons. The predicted octanol–water partition coefficient (Wildman–Crippen LogP) is 3.49. The number of fused-ring (bicyclic) bond motifs is 1. The number of nitrogens with one attached hydrogen (secondary N) is 1. The average Bonchev–Trinajstić information content (AvgIpc) is 2.71. The smallest absolute Gasteiger partial charge is 0.232 e. The van der Waals surface area contributed by atoms with Crippen molar-refractivity contribution in [1.29, 1.82) is 0 Å². The van der Waals surface area contributed by atoms with Crippen molar-refractivity contribution in [2.24, 2.45) is 11.7 Å². The monoisotopic (exact) mass is 260 g/mol. The molecule has 2 rings (SSSR count). The molecule has 19 heavy (non-hydrogen) atoms. The molecule has 0 aromatic heterocycles. The van der Waals surface area contributed by atoms with Crippen LogP contribution in [0.5, 0.6) is 0 Å². The Morgan fingerprint density at radius 3 is 2.63 bits per heavy atom. The fraction of sp³-hybridized carbons (Fsp3) is 0.562. The molecule has 0 saturated heterocycles. The summed E-state index contributed by atoms with van der Waals surface area (Å²) >= 11 is 0. The first-order chi connectivity index (χ1) is 8.99. The zero-order valence-corrected chi connectivity index (χ0v) is 12.3. The predicted molar refractivity (Wildman–Crippen MR) is 79.2 cm³/mol. The third kappa shape index (κ3) is 2.39. The summed E-state index contributed by atoms with van der Waals surface area (Å²) in [5, 5.41) is 3.04. The first-order valence-electron chi connectivity index (χ1n) is 7.20. The van der Waals surface area contributed by atoms with Crippen LogP contribution in [0.2, 0.25) is 0 Å². The Morgan fingerprint density at radius 2 is 2.05 bits per heavy atom. The van der Waals surface area contributed by atoms with Gasteiger partial charge in [0.15, 0.2) is 0 Å². The van der Waals surface area contributed by atoms with Gasteiger partial charge in [0.05, 0.1) is 5.92 Å². The number of aryl methyl sites for hydroxylation is 1. The van der Waals surface area contributed by atoms with E-state index in [1.54, 1.807) is 0 Å². The molecule has 1 aromatic rings. The molecule has 0 aliphatic carbocycles. The Kier molecular flexibility index (Phi) is 3.95. The molecule has 1 aliphatic heterocycles. The number of nitrogens with two attached hydrogens (primary N) is 1. The SMILES string of the molecule is CCC1C(=O)Nc2c1cc(C)cc2C(N)C(C)CC. The van der Waals surface area contributed by atoms with E-state index in [9.17, 15) is 4.79 Å². The van der Waals surface area contributed by atoms with Crippen molar-refractivity contribution in [3.63, 3.8) is 0 Å². The van der Waals surface area contributed by atoms with Crippen LogP contribution in [0.3, 0.4) is 0 Å². The highest BCUT2D eigenvalue weighted by Crippen LogP contribution is 2.41. The van der Waals surface area contributed by atoms with Gasteiger partial charge in [-0.05, 0) is 30.4 Å². The highest BCUT2D eigenvalue weighted by molar-refractivity contribution is 6.03. The summed E-state index contributed by atoms with van der Waals surface area (Å²) in [6, 6.07) is 4.22. The Bertz CT molecular complexity index is 496. The van der Waals surface area contributed by atoms with E-state index in [1.807, 2.05) is 0 Å². The topological polar surface area (TPSA) is 55.1 Å². The van der Waals surface area contributed by atoms with Gasteiger partial charge in [0.1, 0.15) is 0 Å². The van der Waals surface area contributed by atoms with Gasteiger partial charge in [-0.25, -0.2) is 0 Å². The van der Waals surface area contributed by atoms with Crippen LogP contribution < -0.4 is 11.1 Å². The van der Waals surface area contributed by atoms with E-state index >= 15 is 0 Å². The fourth-order valence-electron chi connectivity index (χ4n) is 2.84. The molecule has 1 heterocycles. The van der Waals surface area contributed by atoms with Crippen molar-refractivity contribution < 1.29 is 4.79 Å². The maximum absolute atomic E-state index is 12.0. The minimum Gasteiger partial charge on any atom is -0.325 e. The normalized spacial score (nSPS) is 20.9. The number of amides is 1. The van der Waals surface area contributed by atoms with Crippen molar-refractivity contribution in [2.75, 3.05) is 5.32 Å². The Hall–Kier alpha value is -1.35. The Morgan fingerprint density at radius 1 is 1.37 bits per heavy atom. The molecule has 1 amide bonds. The number of anilines is 1. The van der Waals surface area contributed by atoms with Gasteiger partial charge in [0, 0.05) is 11.7 Å². The van der Waals surface area contributed by atoms with Crippen LogP contribution in [0.15, 0.2) is 12.1 Å². The van der Waals surface area contributed by atoms with Gasteiger partial charge in [0.25, 0.3) is 0 Å². The highest BCUT2D eigenvalue weighted by atomic mass is 16.2. The second kappa shape index (κ2) is 5.33. The van der Waals surface area contributed by atoms with Crippen LogP contribution in [0.1, 0.15) is 62.3 Å². The molecule has 3 nitrogen and oxygen atoms in total. The minimum absolute atomic E-state index is 0.0159. The zero-order chi connectivity index (χ0) is 14.2. The van der Waals surface area contributed by atoms with E-state index in [0.29, 0.717) is 5.92 Å². The second-order valence-corrected chi connectivity index (χ2v) is 5.68. The fourth-order valence-corrected chi connectivity index (χ4v) is 2.84. The van der Waals surface area contributed by atoms with Crippen molar-refractivity contribution >= 4 is 11.6 Å². The number of benzene rings is 1. The van der Waals surface area contributed by atoms with Crippen molar-refractivity contribution in [1.82, 2.24) is 0 Å². The van der Waals surface area contributed by atoms with E-state index in [4.69, 9.17) is 5.73 Å². The molecule has 104 valence electrons. The molecule has 3 heteroatoms. The minimum atomic E-state index is -0.0189. The van der Waals surface area contributed by atoms with Crippen molar-refractivity contribution in [3.8, 4) is 0 Å². The highest BCUT2D eigenvalue weighted by Gasteiger charge is 2.32. The molecular formula is C16H24N2O. The molecule has 0 saturated carbocycles. The summed E-state index contributed by atoms with van der Waals surface area (Å²) in [6.07, 6.45) is 1.87. The van der Waals surface area contributed by atoms with Gasteiger partial charge in [-0.15, -0.1) is 0 Å². The van der Waals surface area contributed by atoms with Crippen LogP contribution in [0.25, 0.3) is 0 Å². The molecule has 3 atom stereocenters. The molecule has 1 aromatic carbocycles. The lowest BCUT2D eigenvalue weighted by molar-refractivity contribution is -0.117. The van der Waals surface area contributed by atoms with Crippen LogP contribution in [-0.4, -0.2) is 5.91 Å². The lowest BCUT2D eigenvalue weighted by Crippen LogP contribution is -2.20. The van der Waals surface area contributed by atoms with Gasteiger partial charge >= 0.3 is 0 Å². The van der Waals surface area contributed by atoms with E-state index in [0.717, 1.165) is 29.7 Å². The summed E-state index contributed by atoms with van der Waals surface area (Å²) in [5.74, 6) is 0.502. The van der Waals surface area contributed by atoms with Gasteiger partial charge in [-0.3, -0.25) is 4.79 Å². The Labute approximate surface area is 115 Å². The summed E-state index contributed by atoms with van der Waals surface area (Å²) < 4.78 is 0. The molecule has 1 aliphatic rings. The maximum Gasteiger partial charge on any atom is 0.232 e. The van der Waals surface area contributed by atoms with E-state index in [-0.39, 0.29) is 17.9 Å². The second-order valence-electron chi connectivity index (χ2n) is 5.68. The van der Waals surface area contributed by atoms with Crippen molar-refractivity contribution in [3.05, 3.63) is 28.8 Å². The summed E-state index contributed by atoms with van der Waals surface area (Å²) in [7, 11) is 0. The van der Waals surface area contributed by atoms with Gasteiger partial charge in [0.2, 0.25) is 5.91 Å². The number of rotatable bonds is 4.